The molecule has 0 amide bonds. The normalized spacial score (nSPS) is 18.7. The lowest BCUT2D eigenvalue weighted by Gasteiger charge is -2.22. The number of fused-ring (bicyclic) bond motifs is 3. The van der Waals surface area contributed by atoms with E-state index >= 15 is 0 Å². The molecule has 0 aromatic heterocycles. The molecule has 0 N–H and O–H groups in total. The summed E-state index contributed by atoms with van der Waals surface area (Å²) in [6.45, 7) is 16.2. The second-order valence-electron chi connectivity index (χ2n) is 11.1. The number of allylic oxidation sites excluding steroid dienone is 4. The van der Waals surface area contributed by atoms with Gasteiger partial charge in [-0.25, -0.2) is 0 Å². The van der Waals surface area contributed by atoms with Crippen LogP contribution in [0.2, 0.25) is 0 Å². The van der Waals surface area contributed by atoms with E-state index in [2.05, 4.69) is 97.0 Å². The van der Waals surface area contributed by atoms with Gasteiger partial charge in [0.2, 0.25) is 0 Å². The van der Waals surface area contributed by atoms with Gasteiger partial charge in [0, 0.05) is 5.92 Å². The van der Waals surface area contributed by atoms with E-state index in [1.807, 2.05) is 0 Å². The molecule has 2 aliphatic carbocycles. The molecule has 0 aliphatic heterocycles. The van der Waals surface area contributed by atoms with Gasteiger partial charge < -0.3 is 0 Å². The molecular weight excluding hydrogens is 348 g/mol. The molecule has 0 spiro atoms. The highest BCUT2D eigenvalue weighted by Crippen LogP contribution is 2.49. The first-order valence-corrected chi connectivity index (χ1v) is 11.2. The van der Waals surface area contributed by atoms with Crippen molar-refractivity contribution in [1.82, 2.24) is 0 Å². The Kier molecular flexibility index (Phi) is 4.88. The number of benzene rings is 2. The van der Waals surface area contributed by atoms with Crippen molar-refractivity contribution in [2.24, 2.45) is 5.41 Å². The Morgan fingerprint density at radius 1 is 0.828 bits per heavy atom. The fourth-order valence-electron chi connectivity index (χ4n) is 4.95. The average molecular weight is 385 g/mol. The molecular formula is C29H36. The van der Waals surface area contributed by atoms with Crippen molar-refractivity contribution in [3.05, 3.63) is 82.0 Å². The summed E-state index contributed by atoms with van der Waals surface area (Å²) in [6.07, 6.45) is 6.01. The molecule has 0 heteroatoms. The van der Waals surface area contributed by atoms with Crippen molar-refractivity contribution in [2.75, 3.05) is 0 Å². The zero-order valence-electron chi connectivity index (χ0n) is 19.3. The van der Waals surface area contributed by atoms with Crippen molar-refractivity contribution in [2.45, 2.75) is 79.1 Å². The van der Waals surface area contributed by atoms with E-state index in [-0.39, 0.29) is 10.8 Å². The van der Waals surface area contributed by atoms with Crippen molar-refractivity contribution in [1.29, 1.82) is 0 Å². The average Bonchev–Trinajstić information content (AvgIpc) is 3.17. The molecule has 2 aliphatic rings. The summed E-state index contributed by atoms with van der Waals surface area (Å²) in [5.74, 6) is 0.522. The first-order chi connectivity index (χ1) is 13.6. The Morgan fingerprint density at radius 3 is 2.17 bits per heavy atom. The summed E-state index contributed by atoms with van der Waals surface area (Å²) in [4.78, 5) is 0. The fraction of sp³-hybridized carbons (Fsp3) is 0.448. The minimum Gasteiger partial charge on any atom is -0.0632 e. The molecule has 0 nitrogen and oxygen atoms in total. The molecule has 2 aromatic carbocycles. The summed E-state index contributed by atoms with van der Waals surface area (Å²) in [5, 5.41) is 0. The fourth-order valence-corrected chi connectivity index (χ4v) is 4.95. The molecule has 2 aromatic rings. The van der Waals surface area contributed by atoms with Gasteiger partial charge in [0.1, 0.15) is 0 Å². The third-order valence-corrected chi connectivity index (χ3v) is 6.97. The molecule has 1 atom stereocenters. The lowest BCUT2D eigenvalue weighted by Crippen LogP contribution is -2.11. The molecule has 29 heavy (non-hydrogen) atoms. The van der Waals surface area contributed by atoms with Gasteiger partial charge >= 0.3 is 0 Å². The Balaban J connectivity index is 1.61. The Hall–Kier alpha value is -2.08. The van der Waals surface area contributed by atoms with Gasteiger partial charge in [-0.2, -0.15) is 0 Å². The standard InChI is InChI=1S/C29H36/c1-19-16-22(29(5,6)7)17-20(19)12-14-25-23-10-8-9-11-24(23)27-18-21(28(2,3)4)13-15-26(25)27/h8-11,13,15-16,18,25H,12,14,17H2,1-7H3. The minimum atomic E-state index is 0.183. The molecule has 4 rings (SSSR count). The van der Waals surface area contributed by atoms with Crippen LogP contribution in [-0.4, -0.2) is 0 Å². The quantitative estimate of drug-likeness (QED) is 0.497. The van der Waals surface area contributed by atoms with Gasteiger partial charge in [-0.1, -0.05) is 107 Å². The lowest BCUT2D eigenvalue weighted by molar-refractivity contribution is 0.492. The van der Waals surface area contributed by atoms with Crippen LogP contribution < -0.4 is 0 Å². The van der Waals surface area contributed by atoms with Crippen LogP contribution in [0.15, 0.2) is 65.3 Å². The van der Waals surface area contributed by atoms with E-state index in [0.29, 0.717) is 5.92 Å². The van der Waals surface area contributed by atoms with Crippen molar-refractivity contribution >= 4 is 0 Å². The van der Waals surface area contributed by atoms with Crippen LogP contribution in [0, 0.1) is 5.41 Å². The third-order valence-electron chi connectivity index (χ3n) is 6.97. The van der Waals surface area contributed by atoms with Crippen LogP contribution in [-0.2, 0) is 5.41 Å². The second kappa shape index (κ2) is 7.01. The zero-order chi connectivity index (χ0) is 21.0. The summed E-state index contributed by atoms with van der Waals surface area (Å²) < 4.78 is 0. The number of rotatable bonds is 3. The Labute approximate surface area is 177 Å². The molecule has 0 heterocycles. The molecule has 152 valence electrons. The van der Waals surface area contributed by atoms with Gasteiger partial charge in [-0.15, -0.1) is 0 Å². The van der Waals surface area contributed by atoms with Crippen LogP contribution in [0.5, 0.6) is 0 Å². The topological polar surface area (TPSA) is 0 Å². The molecule has 0 saturated carbocycles. The molecule has 0 radical (unpaired) electrons. The van der Waals surface area contributed by atoms with Crippen molar-refractivity contribution in [3.63, 3.8) is 0 Å². The largest absolute Gasteiger partial charge is 0.0632 e. The first-order valence-electron chi connectivity index (χ1n) is 11.2. The summed E-state index contributed by atoms with van der Waals surface area (Å²) in [6, 6.07) is 16.3. The minimum absolute atomic E-state index is 0.183. The highest BCUT2D eigenvalue weighted by atomic mass is 14.3. The van der Waals surface area contributed by atoms with Crippen LogP contribution >= 0.6 is 0 Å². The Morgan fingerprint density at radius 2 is 1.52 bits per heavy atom. The number of hydrogen-bond acceptors (Lipinski definition) is 0. The lowest BCUT2D eigenvalue weighted by atomic mass is 9.83. The maximum absolute atomic E-state index is 2.45. The van der Waals surface area contributed by atoms with E-state index in [1.165, 1.54) is 52.7 Å². The van der Waals surface area contributed by atoms with Gasteiger partial charge in [0.25, 0.3) is 0 Å². The summed E-state index contributed by atoms with van der Waals surface area (Å²) >= 11 is 0. The molecule has 0 fully saturated rings. The Bertz CT molecular complexity index is 999. The van der Waals surface area contributed by atoms with Crippen molar-refractivity contribution in [3.8, 4) is 11.1 Å². The van der Waals surface area contributed by atoms with Crippen LogP contribution in [0.3, 0.4) is 0 Å². The van der Waals surface area contributed by atoms with Crippen molar-refractivity contribution < 1.29 is 0 Å². The van der Waals surface area contributed by atoms with E-state index < -0.39 is 0 Å². The van der Waals surface area contributed by atoms with Crippen LogP contribution in [0.1, 0.15) is 90.3 Å². The van der Waals surface area contributed by atoms with Gasteiger partial charge in [0.05, 0.1) is 0 Å². The van der Waals surface area contributed by atoms with E-state index in [0.717, 1.165) is 0 Å². The second-order valence-corrected chi connectivity index (χ2v) is 11.1. The number of hydrogen-bond donors (Lipinski definition) is 0. The molecule has 1 unspecified atom stereocenters. The first kappa shape index (κ1) is 20.2. The monoisotopic (exact) mass is 384 g/mol. The maximum atomic E-state index is 2.45. The van der Waals surface area contributed by atoms with E-state index in [1.54, 1.807) is 11.1 Å². The SMILES string of the molecule is CC1=C(CCC2c3ccccc3-c3cc(C(C)(C)C)ccc32)CC(C(C)(C)C)=C1. The summed E-state index contributed by atoms with van der Waals surface area (Å²) in [7, 11) is 0. The predicted molar refractivity (Wildman–Crippen MR) is 127 cm³/mol. The van der Waals surface area contributed by atoms with Crippen LogP contribution in [0.4, 0.5) is 0 Å². The molecule has 0 bridgehead atoms. The zero-order valence-corrected chi connectivity index (χ0v) is 19.3. The smallest absolute Gasteiger partial charge is 0.0105 e. The maximum Gasteiger partial charge on any atom is 0.0105 e. The molecule has 0 saturated heterocycles. The third kappa shape index (κ3) is 3.75. The van der Waals surface area contributed by atoms with Gasteiger partial charge in [0.15, 0.2) is 0 Å². The highest BCUT2D eigenvalue weighted by Gasteiger charge is 2.30. The summed E-state index contributed by atoms with van der Waals surface area (Å²) in [5.41, 5.74) is 12.6. The van der Waals surface area contributed by atoms with E-state index in [4.69, 9.17) is 0 Å². The highest BCUT2D eigenvalue weighted by molar-refractivity contribution is 5.79. The van der Waals surface area contributed by atoms with Gasteiger partial charge in [-0.3, -0.25) is 0 Å². The van der Waals surface area contributed by atoms with Crippen LogP contribution in [0.25, 0.3) is 11.1 Å². The van der Waals surface area contributed by atoms with Gasteiger partial charge in [-0.05, 0) is 64.8 Å². The van der Waals surface area contributed by atoms with E-state index in [9.17, 15) is 0 Å². The predicted octanol–water partition coefficient (Wildman–Crippen LogP) is 8.57.